The zero-order chi connectivity index (χ0) is 14.0. The smallest absolute Gasteiger partial charge is 0.285 e. The van der Waals surface area contributed by atoms with Gasteiger partial charge in [-0.1, -0.05) is 19.1 Å². The van der Waals surface area contributed by atoms with Crippen molar-refractivity contribution < 1.29 is 9.72 Å². The van der Waals surface area contributed by atoms with Gasteiger partial charge < -0.3 is 4.90 Å². The van der Waals surface area contributed by atoms with Crippen molar-refractivity contribution in [2.75, 3.05) is 13.1 Å². The molecule has 2 rings (SSSR count). The van der Waals surface area contributed by atoms with E-state index in [1.165, 1.54) is 0 Å². The van der Waals surface area contributed by atoms with Crippen LogP contribution in [0.3, 0.4) is 0 Å². The summed E-state index contributed by atoms with van der Waals surface area (Å²) in [7, 11) is 0. The molecule has 0 radical (unpaired) electrons. The Bertz CT molecular complexity index is 513. The number of nitro benzene ring substituents is 1. The lowest BCUT2D eigenvalue weighted by Gasteiger charge is -2.30. The quantitative estimate of drug-likeness (QED) is 0.608. The molecule has 0 aliphatic carbocycles. The number of amides is 1. The van der Waals surface area contributed by atoms with Crippen LogP contribution in [0.25, 0.3) is 0 Å². The first-order valence-corrected chi connectivity index (χ1v) is 6.54. The average Bonchev–Trinajstić information content (AvgIpc) is 2.37. The molecule has 5 nitrogen and oxygen atoms in total. The van der Waals surface area contributed by atoms with Crippen molar-refractivity contribution in [2.24, 2.45) is 5.92 Å². The van der Waals surface area contributed by atoms with Crippen molar-refractivity contribution in [1.82, 2.24) is 4.90 Å². The fraction of sp³-hybridized carbons (Fsp3) is 0.500. The van der Waals surface area contributed by atoms with E-state index in [1.54, 1.807) is 30.0 Å². The summed E-state index contributed by atoms with van der Waals surface area (Å²) >= 11 is 0. The third kappa shape index (κ3) is 2.75. The molecule has 1 saturated heterocycles. The summed E-state index contributed by atoms with van der Waals surface area (Å²) in [6, 6.07) is 4.91. The van der Waals surface area contributed by atoms with Crippen LogP contribution in [-0.4, -0.2) is 28.8 Å². The maximum absolute atomic E-state index is 12.4. The third-order valence-corrected chi connectivity index (χ3v) is 3.59. The molecule has 19 heavy (non-hydrogen) atoms. The summed E-state index contributed by atoms with van der Waals surface area (Å²) in [5.41, 5.74) is 0.672. The van der Waals surface area contributed by atoms with Crippen molar-refractivity contribution in [3.63, 3.8) is 0 Å². The molecule has 1 fully saturated rings. The number of hydrogen-bond acceptors (Lipinski definition) is 3. The highest BCUT2D eigenvalue weighted by atomic mass is 16.6. The largest absolute Gasteiger partial charge is 0.338 e. The van der Waals surface area contributed by atoms with Crippen LogP contribution < -0.4 is 0 Å². The Morgan fingerprint density at radius 2 is 2.21 bits per heavy atom. The van der Waals surface area contributed by atoms with Gasteiger partial charge in [-0.3, -0.25) is 14.9 Å². The van der Waals surface area contributed by atoms with Gasteiger partial charge in [-0.05, 0) is 31.7 Å². The van der Waals surface area contributed by atoms with E-state index in [9.17, 15) is 14.9 Å². The highest BCUT2D eigenvalue weighted by molar-refractivity contribution is 5.98. The molecular weight excluding hydrogens is 244 g/mol. The van der Waals surface area contributed by atoms with E-state index in [4.69, 9.17) is 0 Å². The molecule has 1 aliphatic heterocycles. The summed E-state index contributed by atoms with van der Waals surface area (Å²) in [5.74, 6) is 0.239. The lowest BCUT2D eigenvalue weighted by Crippen LogP contribution is -2.39. The number of carbonyl (C=O) groups is 1. The number of nitro groups is 1. The molecule has 0 aromatic heterocycles. The highest BCUT2D eigenvalue weighted by Crippen LogP contribution is 2.26. The molecule has 0 bridgehead atoms. The van der Waals surface area contributed by atoms with Crippen LogP contribution in [0.2, 0.25) is 0 Å². The standard InChI is InChI=1S/C14H18N2O3/c1-10-5-4-8-15(9-10)14(17)12-7-3-6-11(2)13(12)16(18)19/h3,6-7,10H,4-5,8-9H2,1-2H3. The topological polar surface area (TPSA) is 63.5 Å². The number of rotatable bonds is 2. The molecule has 1 heterocycles. The maximum Gasteiger partial charge on any atom is 0.285 e. The Balaban J connectivity index is 2.33. The molecular formula is C14H18N2O3. The zero-order valence-electron chi connectivity index (χ0n) is 11.3. The van der Waals surface area contributed by atoms with Gasteiger partial charge in [0.25, 0.3) is 11.6 Å². The Hall–Kier alpha value is -1.91. The van der Waals surface area contributed by atoms with Crippen molar-refractivity contribution in [3.8, 4) is 0 Å². The zero-order valence-corrected chi connectivity index (χ0v) is 11.3. The summed E-state index contributed by atoms with van der Waals surface area (Å²) < 4.78 is 0. The van der Waals surface area contributed by atoms with Crippen molar-refractivity contribution in [2.45, 2.75) is 26.7 Å². The molecule has 1 atom stereocenters. The number of benzene rings is 1. The second kappa shape index (κ2) is 5.38. The first-order chi connectivity index (χ1) is 9.00. The van der Waals surface area contributed by atoms with Gasteiger partial charge >= 0.3 is 0 Å². The van der Waals surface area contributed by atoms with E-state index in [1.807, 2.05) is 0 Å². The average molecular weight is 262 g/mol. The number of para-hydroxylation sites is 1. The normalized spacial score (nSPS) is 19.3. The van der Waals surface area contributed by atoms with Gasteiger partial charge in [0.1, 0.15) is 5.56 Å². The van der Waals surface area contributed by atoms with E-state index in [0.717, 1.165) is 12.8 Å². The van der Waals surface area contributed by atoms with E-state index in [0.29, 0.717) is 24.6 Å². The van der Waals surface area contributed by atoms with Crippen LogP contribution in [0.5, 0.6) is 0 Å². The van der Waals surface area contributed by atoms with Crippen LogP contribution in [-0.2, 0) is 0 Å². The molecule has 1 amide bonds. The monoisotopic (exact) mass is 262 g/mol. The van der Waals surface area contributed by atoms with Gasteiger partial charge in [0.05, 0.1) is 4.92 Å². The van der Waals surface area contributed by atoms with Crippen molar-refractivity contribution in [3.05, 3.63) is 39.4 Å². The number of hydrogen-bond donors (Lipinski definition) is 0. The van der Waals surface area contributed by atoms with E-state index in [-0.39, 0.29) is 17.2 Å². The molecule has 102 valence electrons. The van der Waals surface area contributed by atoms with Crippen LogP contribution in [0.15, 0.2) is 18.2 Å². The fourth-order valence-corrected chi connectivity index (χ4v) is 2.62. The van der Waals surface area contributed by atoms with Crippen LogP contribution in [0.4, 0.5) is 5.69 Å². The highest BCUT2D eigenvalue weighted by Gasteiger charge is 2.28. The SMILES string of the molecule is Cc1cccc(C(=O)N2CCCC(C)C2)c1[N+](=O)[O-]. The summed E-state index contributed by atoms with van der Waals surface area (Å²) in [6.07, 6.45) is 2.08. The molecule has 5 heteroatoms. The molecule has 1 aromatic rings. The van der Waals surface area contributed by atoms with Crippen LogP contribution >= 0.6 is 0 Å². The van der Waals surface area contributed by atoms with Gasteiger partial charge in [0.2, 0.25) is 0 Å². The Morgan fingerprint density at radius 1 is 1.47 bits per heavy atom. The van der Waals surface area contributed by atoms with Crippen LogP contribution in [0.1, 0.15) is 35.7 Å². The third-order valence-electron chi connectivity index (χ3n) is 3.59. The molecule has 0 saturated carbocycles. The van der Waals surface area contributed by atoms with E-state index in [2.05, 4.69) is 6.92 Å². The fourth-order valence-electron chi connectivity index (χ4n) is 2.62. The Kier molecular flexibility index (Phi) is 3.83. The lowest BCUT2D eigenvalue weighted by atomic mass is 9.99. The second-order valence-electron chi connectivity index (χ2n) is 5.23. The molecule has 1 aromatic carbocycles. The van der Waals surface area contributed by atoms with Gasteiger partial charge in [-0.25, -0.2) is 0 Å². The molecule has 1 unspecified atom stereocenters. The molecule has 1 aliphatic rings. The van der Waals surface area contributed by atoms with E-state index >= 15 is 0 Å². The van der Waals surface area contributed by atoms with Crippen LogP contribution in [0, 0.1) is 23.0 Å². The number of carbonyl (C=O) groups excluding carboxylic acids is 1. The minimum atomic E-state index is -0.462. The molecule has 0 N–H and O–H groups in total. The predicted molar refractivity (Wildman–Crippen MR) is 72.1 cm³/mol. The lowest BCUT2D eigenvalue weighted by molar-refractivity contribution is -0.385. The molecule has 0 spiro atoms. The minimum Gasteiger partial charge on any atom is -0.338 e. The first-order valence-electron chi connectivity index (χ1n) is 6.54. The number of nitrogens with zero attached hydrogens (tertiary/aromatic N) is 2. The van der Waals surface area contributed by atoms with Crippen molar-refractivity contribution >= 4 is 11.6 Å². The second-order valence-corrected chi connectivity index (χ2v) is 5.23. The first kappa shape index (κ1) is 13.5. The van der Waals surface area contributed by atoms with Gasteiger partial charge in [-0.15, -0.1) is 0 Å². The van der Waals surface area contributed by atoms with E-state index < -0.39 is 4.92 Å². The predicted octanol–water partition coefficient (Wildman–Crippen LogP) is 2.78. The van der Waals surface area contributed by atoms with Crippen molar-refractivity contribution in [1.29, 1.82) is 0 Å². The minimum absolute atomic E-state index is 0.0641. The summed E-state index contributed by atoms with van der Waals surface area (Å²) in [6.45, 7) is 5.13. The number of aryl methyl sites for hydroxylation is 1. The maximum atomic E-state index is 12.4. The number of piperidine rings is 1. The Labute approximate surface area is 112 Å². The van der Waals surface area contributed by atoms with Gasteiger partial charge in [-0.2, -0.15) is 0 Å². The Morgan fingerprint density at radius 3 is 2.84 bits per heavy atom. The van der Waals surface area contributed by atoms with Gasteiger partial charge in [0.15, 0.2) is 0 Å². The summed E-state index contributed by atoms with van der Waals surface area (Å²) in [5, 5.41) is 11.1. The van der Waals surface area contributed by atoms with Gasteiger partial charge in [0, 0.05) is 18.7 Å². The number of likely N-dealkylation sites (tertiary alicyclic amines) is 1. The summed E-state index contributed by atoms with van der Waals surface area (Å²) in [4.78, 5) is 24.8.